The van der Waals surface area contributed by atoms with E-state index < -0.39 is 23.9 Å². The van der Waals surface area contributed by atoms with Gasteiger partial charge < -0.3 is 19.8 Å². The lowest BCUT2D eigenvalue weighted by Crippen LogP contribution is -2.42. The minimum Gasteiger partial charge on any atom is -0.467 e. The summed E-state index contributed by atoms with van der Waals surface area (Å²) in [7, 11) is 2.60. The number of rotatable bonds is 7. The highest BCUT2D eigenvalue weighted by atomic mass is 16.5. The van der Waals surface area contributed by atoms with Crippen LogP contribution in [-0.2, 0) is 25.5 Å². The molecule has 7 nitrogen and oxygen atoms in total. The van der Waals surface area contributed by atoms with E-state index in [0.29, 0.717) is 12.0 Å². The van der Waals surface area contributed by atoms with Crippen LogP contribution in [0.1, 0.15) is 21.5 Å². The fourth-order valence-electron chi connectivity index (χ4n) is 3.10. The molecule has 1 aromatic heterocycles. The van der Waals surface area contributed by atoms with E-state index >= 15 is 0 Å². The molecule has 0 aliphatic rings. The third kappa shape index (κ3) is 4.94. The van der Waals surface area contributed by atoms with Crippen LogP contribution >= 0.6 is 0 Å². The Morgan fingerprint density at radius 3 is 2.47 bits per heavy atom. The molecule has 0 radical (unpaired) electrons. The first kappa shape index (κ1) is 20.9. The van der Waals surface area contributed by atoms with Gasteiger partial charge in [0.1, 0.15) is 6.04 Å². The maximum Gasteiger partial charge on any atom is 0.337 e. The summed E-state index contributed by atoms with van der Waals surface area (Å²) in [6.07, 6.45) is 5.05. The van der Waals surface area contributed by atoms with Crippen LogP contribution in [0.25, 0.3) is 17.0 Å². The lowest BCUT2D eigenvalue weighted by atomic mass is 10.0. The summed E-state index contributed by atoms with van der Waals surface area (Å²) in [5.41, 5.74) is 3.01. The van der Waals surface area contributed by atoms with Gasteiger partial charge in [0, 0.05) is 29.6 Å². The number of carbonyl (C=O) groups is 3. The average Bonchev–Trinajstić information content (AvgIpc) is 3.19. The summed E-state index contributed by atoms with van der Waals surface area (Å²) in [5, 5.41) is 3.68. The zero-order valence-corrected chi connectivity index (χ0v) is 16.7. The monoisotopic (exact) mass is 406 g/mol. The molecule has 0 spiro atoms. The van der Waals surface area contributed by atoms with Crippen LogP contribution in [0.15, 0.2) is 60.8 Å². The molecule has 0 aliphatic heterocycles. The zero-order chi connectivity index (χ0) is 21.5. The highest BCUT2D eigenvalue weighted by molar-refractivity contribution is 5.95. The Morgan fingerprint density at radius 2 is 1.77 bits per heavy atom. The standard InChI is InChI=1S/C23H22N2O5/c1-29-22(27)16-10-7-15(8-11-16)9-12-21(26)25-20(23(28)30-2)13-17-14-24-19-6-4-3-5-18(17)19/h3-12,14,20,24H,13H2,1-2H3,(H,25,26)/b12-9+/t20-/m1/s1. The molecule has 3 rings (SSSR count). The second-order valence-corrected chi connectivity index (χ2v) is 6.59. The number of aromatic amines is 1. The Labute approximate surface area is 173 Å². The minimum atomic E-state index is -0.826. The summed E-state index contributed by atoms with van der Waals surface area (Å²) >= 11 is 0. The van der Waals surface area contributed by atoms with Crippen molar-refractivity contribution in [3.8, 4) is 0 Å². The number of ether oxygens (including phenoxy) is 2. The SMILES string of the molecule is COC(=O)c1ccc(/C=C/C(=O)N[C@H](Cc2c[nH]c3ccccc23)C(=O)OC)cc1. The number of fused-ring (bicyclic) bond motifs is 1. The third-order valence-corrected chi connectivity index (χ3v) is 4.66. The van der Waals surface area contributed by atoms with E-state index in [1.807, 2.05) is 30.5 Å². The van der Waals surface area contributed by atoms with Crippen LogP contribution in [0.5, 0.6) is 0 Å². The second kappa shape index (κ2) is 9.56. The predicted molar refractivity (Wildman–Crippen MR) is 113 cm³/mol. The van der Waals surface area contributed by atoms with Crippen molar-refractivity contribution in [3.63, 3.8) is 0 Å². The van der Waals surface area contributed by atoms with E-state index in [9.17, 15) is 14.4 Å². The molecular formula is C23H22N2O5. The number of hydrogen-bond acceptors (Lipinski definition) is 5. The van der Waals surface area contributed by atoms with Gasteiger partial charge in [-0.15, -0.1) is 0 Å². The number of benzene rings is 2. The van der Waals surface area contributed by atoms with Gasteiger partial charge in [0.05, 0.1) is 19.8 Å². The molecule has 1 amide bonds. The van der Waals surface area contributed by atoms with Gasteiger partial charge in [0.25, 0.3) is 0 Å². The third-order valence-electron chi connectivity index (χ3n) is 4.66. The minimum absolute atomic E-state index is 0.296. The molecule has 2 aromatic carbocycles. The first-order valence-electron chi connectivity index (χ1n) is 9.31. The highest BCUT2D eigenvalue weighted by Gasteiger charge is 2.22. The smallest absolute Gasteiger partial charge is 0.337 e. The van der Waals surface area contributed by atoms with Gasteiger partial charge in [-0.2, -0.15) is 0 Å². The Hall–Kier alpha value is -3.87. The molecule has 1 heterocycles. The number of esters is 2. The number of para-hydroxylation sites is 1. The fraction of sp³-hybridized carbons (Fsp3) is 0.174. The summed E-state index contributed by atoms with van der Waals surface area (Å²) in [4.78, 5) is 39.2. The van der Waals surface area contributed by atoms with Crippen LogP contribution in [0.2, 0.25) is 0 Å². The van der Waals surface area contributed by atoms with Gasteiger partial charge in [-0.25, -0.2) is 9.59 Å². The average molecular weight is 406 g/mol. The number of amides is 1. The summed E-state index contributed by atoms with van der Waals surface area (Å²) in [6.45, 7) is 0. The molecule has 0 fully saturated rings. The Kier molecular flexibility index (Phi) is 6.64. The second-order valence-electron chi connectivity index (χ2n) is 6.59. The number of H-pyrrole nitrogens is 1. The molecule has 0 saturated heterocycles. The van der Waals surface area contributed by atoms with Gasteiger partial charge in [-0.1, -0.05) is 30.3 Å². The van der Waals surface area contributed by atoms with E-state index in [2.05, 4.69) is 15.0 Å². The first-order valence-corrected chi connectivity index (χ1v) is 9.31. The van der Waals surface area contributed by atoms with Crippen molar-refractivity contribution in [1.29, 1.82) is 0 Å². The van der Waals surface area contributed by atoms with Crippen molar-refractivity contribution in [2.24, 2.45) is 0 Å². The van der Waals surface area contributed by atoms with E-state index in [0.717, 1.165) is 22.0 Å². The molecule has 1 atom stereocenters. The topological polar surface area (TPSA) is 97.5 Å². The Balaban J connectivity index is 1.68. The summed E-state index contributed by atoms with van der Waals surface area (Å²) in [5.74, 6) is -1.38. The summed E-state index contributed by atoms with van der Waals surface area (Å²) in [6, 6.07) is 13.5. The Morgan fingerprint density at radius 1 is 1.03 bits per heavy atom. The number of carbonyl (C=O) groups excluding carboxylic acids is 3. The van der Waals surface area contributed by atoms with Crippen LogP contribution in [0, 0.1) is 0 Å². The van der Waals surface area contributed by atoms with Crippen molar-refractivity contribution in [2.45, 2.75) is 12.5 Å². The van der Waals surface area contributed by atoms with Crippen molar-refractivity contribution < 1.29 is 23.9 Å². The normalized spacial score (nSPS) is 11.9. The molecule has 0 bridgehead atoms. The van der Waals surface area contributed by atoms with Crippen molar-refractivity contribution in [3.05, 3.63) is 77.5 Å². The first-order chi connectivity index (χ1) is 14.5. The molecule has 0 saturated carbocycles. The number of methoxy groups -OCH3 is 2. The molecule has 3 aromatic rings. The number of hydrogen-bond donors (Lipinski definition) is 2. The van der Waals surface area contributed by atoms with E-state index in [1.165, 1.54) is 20.3 Å². The lowest BCUT2D eigenvalue weighted by molar-refractivity contribution is -0.144. The van der Waals surface area contributed by atoms with Gasteiger partial charge in [0.2, 0.25) is 5.91 Å². The zero-order valence-electron chi connectivity index (χ0n) is 16.7. The molecular weight excluding hydrogens is 384 g/mol. The van der Waals surface area contributed by atoms with Crippen LogP contribution in [0.4, 0.5) is 0 Å². The molecule has 7 heteroatoms. The molecule has 30 heavy (non-hydrogen) atoms. The maximum atomic E-state index is 12.4. The van der Waals surface area contributed by atoms with Gasteiger partial charge in [0.15, 0.2) is 0 Å². The van der Waals surface area contributed by atoms with Gasteiger partial charge >= 0.3 is 11.9 Å². The van der Waals surface area contributed by atoms with E-state index in [-0.39, 0.29) is 0 Å². The van der Waals surface area contributed by atoms with Crippen LogP contribution in [0.3, 0.4) is 0 Å². The number of nitrogens with one attached hydrogen (secondary N) is 2. The lowest BCUT2D eigenvalue weighted by Gasteiger charge is -2.15. The largest absolute Gasteiger partial charge is 0.467 e. The molecule has 0 unspecified atom stereocenters. The quantitative estimate of drug-likeness (QED) is 0.465. The highest BCUT2D eigenvalue weighted by Crippen LogP contribution is 2.19. The van der Waals surface area contributed by atoms with E-state index in [4.69, 9.17) is 4.74 Å². The Bertz CT molecular complexity index is 1080. The fourth-order valence-corrected chi connectivity index (χ4v) is 3.10. The van der Waals surface area contributed by atoms with Crippen molar-refractivity contribution in [2.75, 3.05) is 14.2 Å². The number of aromatic nitrogens is 1. The summed E-state index contributed by atoms with van der Waals surface area (Å²) < 4.78 is 9.51. The predicted octanol–water partition coefficient (Wildman–Crippen LogP) is 2.87. The van der Waals surface area contributed by atoms with E-state index in [1.54, 1.807) is 30.3 Å². The van der Waals surface area contributed by atoms with Gasteiger partial charge in [-0.05, 0) is 35.4 Å². The molecule has 154 valence electrons. The molecule has 2 N–H and O–H groups in total. The van der Waals surface area contributed by atoms with Crippen LogP contribution < -0.4 is 5.32 Å². The van der Waals surface area contributed by atoms with Crippen molar-refractivity contribution >= 4 is 34.8 Å². The van der Waals surface area contributed by atoms with Crippen molar-refractivity contribution in [1.82, 2.24) is 10.3 Å². The maximum absolute atomic E-state index is 12.4. The van der Waals surface area contributed by atoms with Gasteiger partial charge in [-0.3, -0.25) is 4.79 Å². The molecule has 0 aliphatic carbocycles. The van der Waals surface area contributed by atoms with Crippen LogP contribution in [-0.4, -0.2) is 43.1 Å².